The zero-order valence-electron chi connectivity index (χ0n) is 6.86. The second kappa shape index (κ2) is 4.07. The monoisotopic (exact) mass is 168 g/mol. The van der Waals surface area contributed by atoms with Crippen molar-refractivity contribution in [1.82, 2.24) is 4.90 Å². The van der Waals surface area contributed by atoms with Crippen LogP contribution in [0.25, 0.3) is 0 Å². The van der Waals surface area contributed by atoms with E-state index in [-0.39, 0.29) is 12.5 Å². The van der Waals surface area contributed by atoms with E-state index >= 15 is 0 Å². The fourth-order valence-electron chi connectivity index (χ4n) is 1.63. The maximum Gasteiger partial charge on any atom is 0.304 e. The van der Waals surface area contributed by atoms with Crippen LogP contribution in [-0.2, 0) is 4.79 Å². The van der Waals surface area contributed by atoms with Gasteiger partial charge in [0.15, 0.2) is 0 Å². The molecule has 1 aliphatic heterocycles. The summed E-state index contributed by atoms with van der Waals surface area (Å²) in [5.41, 5.74) is 0. The lowest BCUT2D eigenvalue weighted by molar-refractivity contribution is -0.138. The predicted octanol–water partition coefficient (Wildman–Crippen LogP) is 0.449. The standard InChI is InChI=1S/C8H12N2O2/c9-3-5-10-4-1-2-7(10)6-8(11)12/h7H,1-2,4-6H2,(H,11,12). The number of hydrogen-bond acceptors (Lipinski definition) is 3. The quantitative estimate of drug-likeness (QED) is 0.621. The molecule has 0 aromatic heterocycles. The van der Waals surface area contributed by atoms with Gasteiger partial charge >= 0.3 is 5.97 Å². The van der Waals surface area contributed by atoms with Crippen LogP contribution in [0.1, 0.15) is 19.3 Å². The van der Waals surface area contributed by atoms with Crippen molar-refractivity contribution in [2.24, 2.45) is 0 Å². The van der Waals surface area contributed by atoms with E-state index in [1.165, 1.54) is 0 Å². The summed E-state index contributed by atoms with van der Waals surface area (Å²) in [6.07, 6.45) is 2.09. The number of carbonyl (C=O) groups is 1. The SMILES string of the molecule is N#CCN1CCCC1CC(=O)O. The minimum Gasteiger partial charge on any atom is -0.481 e. The van der Waals surface area contributed by atoms with Gasteiger partial charge in [-0.25, -0.2) is 0 Å². The zero-order chi connectivity index (χ0) is 8.97. The summed E-state index contributed by atoms with van der Waals surface area (Å²) in [5, 5.41) is 17.0. The Balaban J connectivity index is 2.41. The first kappa shape index (κ1) is 9.01. The molecule has 1 fully saturated rings. The maximum absolute atomic E-state index is 10.4. The summed E-state index contributed by atoms with van der Waals surface area (Å²) in [4.78, 5) is 12.3. The van der Waals surface area contributed by atoms with E-state index in [1.54, 1.807) is 0 Å². The molecule has 0 saturated carbocycles. The van der Waals surface area contributed by atoms with Gasteiger partial charge in [-0.1, -0.05) is 0 Å². The first-order valence-corrected chi connectivity index (χ1v) is 4.07. The largest absolute Gasteiger partial charge is 0.481 e. The second-order valence-electron chi connectivity index (χ2n) is 3.02. The minimum atomic E-state index is -0.773. The summed E-state index contributed by atoms with van der Waals surface area (Å²) in [5.74, 6) is -0.773. The zero-order valence-corrected chi connectivity index (χ0v) is 6.86. The van der Waals surface area contributed by atoms with Gasteiger partial charge in [0, 0.05) is 6.04 Å². The third-order valence-electron chi connectivity index (χ3n) is 2.18. The van der Waals surface area contributed by atoms with Crippen LogP contribution in [0.2, 0.25) is 0 Å². The molecule has 1 atom stereocenters. The van der Waals surface area contributed by atoms with Crippen LogP contribution in [0.3, 0.4) is 0 Å². The number of carboxylic acids is 1. The van der Waals surface area contributed by atoms with Crippen molar-refractivity contribution < 1.29 is 9.90 Å². The molecule has 1 heterocycles. The van der Waals surface area contributed by atoms with Crippen LogP contribution in [0.4, 0.5) is 0 Å². The molecule has 1 rings (SSSR count). The summed E-state index contributed by atoms with van der Waals surface area (Å²) in [6, 6.07) is 2.13. The number of likely N-dealkylation sites (tertiary alicyclic amines) is 1. The summed E-state index contributed by atoms with van der Waals surface area (Å²) >= 11 is 0. The van der Waals surface area contributed by atoms with Crippen LogP contribution in [0.5, 0.6) is 0 Å². The molecule has 0 bridgehead atoms. The van der Waals surface area contributed by atoms with Gasteiger partial charge in [-0.2, -0.15) is 5.26 Å². The highest BCUT2D eigenvalue weighted by Crippen LogP contribution is 2.18. The average molecular weight is 168 g/mol. The molecule has 1 aliphatic rings. The predicted molar refractivity (Wildman–Crippen MR) is 42.5 cm³/mol. The molecule has 1 N–H and O–H groups in total. The molecular weight excluding hydrogens is 156 g/mol. The number of nitriles is 1. The van der Waals surface area contributed by atoms with Gasteiger partial charge in [-0.3, -0.25) is 9.69 Å². The van der Waals surface area contributed by atoms with Gasteiger partial charge in [0.1, 0.15) is 0 Å². The number of aliphatic carboxylic acids is 1. The van der Waals surface area contributed by atoms with E-state index in [9.17, 15) is 4.79 Å². The molecular formula is C8H12N2O2. The van der Waals surface area contributed by atoms with E-state index in [2.05, 4.69) is 0 Å². The van der Waals surface area contributed by atoms with Crippen LogP contribution in [0.15, 0.2) is 0 Å². The van der Waals surface area contributed by atoms with E-state index in [0.29, 0.717) is 6.54 Å². The third-order valence-corrected chi connectivity index (χ3v) is 2.18. The van der Waals surface area contributed by atoms with E-state index in [0.717, 1.165) is 19.4 Å². The number of carboxylic acid groups (broad SMARTS) is 1. The Hall–Kier alpha value is -1.08. The first-order valence-electron chi connectivity index (χ1n) is 4.07. The molecule has 0 aromatic rings. The van der Waals surface area contributed by atoms with Crippen LogP contribution in [-0.4, -0.2) is 35.1 Å². The van der Waals surface area contributed by atoms with Gasteiger partial charge in [0.05, 0.1) is 19.0 Å². The highest BCUT2D eigenvalue weighted by Gasteiger charge is 2.25. The normalized spacial score (nSPS) is 23.8. The fraction of sp³-hybridized carbons (Fsp3) is 0.750. The maximum atomic E-state index is 10.4. The first-order chi connectivity index (χ1) is 5.74. The molecule has 0 amide bonds. The van der Waals surface area contributed by atoms with Gasteiger partial charge in [0.2, 0.25) is 0 Å². The Labute approximate surface area is 71.4 Å². The molecule has 0 aromatic carbocycles. The molecule has 4 nitrogen and oxygen atoms in total. The van der Waals surface area contributed by atoms with Crippen molar-refractivity contribution in [2.75, 3.05) is 13.1 Å². The molecule has 4 heteroatoms. The number of rotatable bonds is 3. The molecule has 66 valence electrons. The van der Waals surface area contributed by atoms with Crippen molar-refractivity contribution >= 4 is 5.97 Å². The van der Waals surface area contributed by atoms with E-state index in [4.69, 9.17) is 10.4 Å². The Morgan fingerprint density at radius 1 is 1.75 bits per heavy atom. The number of hydrogen-bond donors (Lipinski definition) is 1. The van der Waals surface area contributed by atoms with Crippen LogP contribution >= 0.6 is 0 Å². The molecule has 0 spiro atoms. The average Bonchev–Trinajstić information content (AvgIpc) is 2.37. The van der Waals surface area contributed by atoms with Crippen molar-refractivity contribution in [3.8, 4) is 6.07 Å². The third kappa shape index (κ3) is 2.21. The molecule has 0 aliphatic carbocycles. The van der Waals surface area contributed by atoms with E-state index in [1.807, 2.05) is 11.0 Å². The summed E-state index contributed by atoms with van der Waals surface area (Å²) in [6.45, 7) is 1.23. The lowest BCUT2D eigenvalue weighted by Crippen LogP contribution is -2.31. The van der Waals surface area contributed by atoms with Crippen LogP contribution in [0, 0.1) is 11.3 Å². The van der Waals surface area contributed by atoms with E-state index < -0.39 is 5.97 Å². The Morgan fingerprint density at radius 3 is 3.08 bits per heavy atom. The lowest BCUT2D eigenvalue weighted by Gasteiger charge is -2.19. The van der Waals surface area contributed by atoms with Crippen molar-refractivity contribution in [2.45, 2.75) is 25.3 Å². The Bertz CT molecular complexity index is 210. The molecule has 0 radical (unpaired) electrons. The Kier molecular flexibility index (Phi) is 3.06. The van der Waals surface area contributed by atoms with Gasteiger partial charge in [-0.05, 0) is 19.4 Å². The van der Waals surface area contributed by atoms with Gasteiger partial charge in [-0.15, -0.1) is 0 Å². The topological polar surface area (TPSA) is 64.3 Å². The van der Waals surface area contributed by atoms with Gasteiger partial charge < -0.3 is 5.11 Å². The van der Waals surface area contributed by atoms with Crippen molar-refractivity contribution in [3.63, 3.8) is 0 Å². The fourth-order valence-corrected chi connectivity index (χ4v) is 1.63. The summed E-state index contributed by atoms with van der Waals surface area (Å²) in [7, 11) is 0. The minimum absolute atomic E-state index is 0.0853. The second-order valence-corrected chi connectivity index (χ2v) is 3.02. The van der Waals surface area contributed by atoms with Crippen molar-refractivity contribution in [3.05, 3.63) is 0 Å². The van der Waals surface area contributed by atoms with Gasteiger partial charge in [0.25, 0.3) is 0 Å². The highest BCUT2D eigenvalue weighted by molar-refractivity contribution is 5.67. The smallest absolute Gasteiger partial charge is 0.304 e. The molecule has 12 heavy (non-hydrogen) atoms. The summed E-state index contributed by atoms with van der Waals surface area (Å²) < 4.78 is 0. The van der Waals surface area contributed by atoms with Crippen molar-refractivity contribution in [1.29, 1.82) is 5.26 Å². The molecule has 1 saturated heterocycles. The Morgan fingerprint density at radius 2 is 2.50 bits per heavy atom. The van der Waals surface area contributed by atoms with Crippen LogP contribution < -0.4 is 0 Å². The number of nitrogens with zero attached hydrogens (tertiary/aromatic N) is 2. The lowest BCUT2D eigenvalue weighted by atomic mass is 10.1. The molecule has 1 unspecified atom stereocenters. The highest BCUT2D eigenvalue weighted by atomic mass is 16.4.